The lowest BCUT2D eigenvalue weighted by atomic mass is 10.1. The van der Waals surface area contributed by atoms with Crippen molar-refractivity contribution >= 4 is 23.2 Å². The van der Waals surface area contributed by atoms with Gasteiger partial charge in [-0.25, -0.2) is 0 Å². The second kappa shape index (κ2) is 6.24. The van der Waals surface area contributed by atoms with Crippen LogP contribution in [0.15, 0.2) is 28.8 Å². The number of rotatable bonds is 2. The van der Waals surface area contributed by atoms with Crippen LogP contribution in [0.5, 0.6) is 0 Å². The van der Waals surface area contributed by atoms with Crippen molar-refractivity contribution in [3.63, 3.8) is 0 Å². The molecule has 0 saturated heterocycles. The van der Waals surface area contributed by atoms with Gasteiger partial charge in [-0.1, -0.05) is 28.6 Å². The number of hydrogen-bond donors (Lipinski definition) is 2. The zero-order chi connectivity index (χ0) is 14.5. The Labute approximate surface area is 121 Å². The first-order chi connectivity index (χ1) is 9.60. The minimum absolute atomic E-state index is 0.195. The Hall–Kier alpha value is -2.29. The van der Waals surface area contributed by atoms with Gasteiger partial charge in [-0.3, -0.25) is 4.79 Å². The number of benzene rings is 1. The van der Waals surface area contributed by atoms with E-state index in [9.17, 15) is 4.79 Å². The van der Waals surface area contributed by atoms with Gasteiger partial charge in [0, 0.05) is 16.7 Å². The van der Waals surface area contributed by atoms with Gasteiger partial charge in [-0.05, 0) is 25.1 Å². The number of anilines is 1. The fourth-order valence-corrected chi connectivity index (χ4v) is 1.71. The monoisotopic (exact) mass is 289 g/mol. The van der Waals surface area contributed by atoms with E-state index in [0.29, 0.717) is 22.0 Å². The number of carbonyl (C=O) groups excluding carboxylic acids is 1. The Morgan fingerprint density at radius 3 is 2.95 bits per heavy atom. The molecule has 6 heteroatoms. The van der Waals surface area contributed by atoms with Crippen LogP contribution >= 0.6 is 11.6 Å². The van der Waals surface area contributed by atoms with Crippen LogP contribution in [0.2, 0.25) is 5.02 Å². The summed E-state index contributed by atoms with van der Waals surface area (Å²) in [5.74, 6) is 5.77. The predicted molar refractivity (Wildman–Crippen MR) is 76.6 cm³/mol. The molecule has 0 unspecified atom stereocenters. The fraction of sp³-hybridized carbons (Fsp3) is 0.143. The molecule has 5 nitrogen and oxygen atoms in total. The molecule has 3 N–H and O–H groups in total. The largest absolute Gasteiger partial charge is 0.361 e. The maximum absolute atomic E-state index is 12.0. The van der Waals surface area contributed by atoms with Crippen LogP contribution in [0.25, 0.3) is 0 Å². The number of nitrogens with one attached hydrogen (secondary N) is 1. The summed E-state index contributed by atoms with van der Waals surface area (Å²) in [6.07, 6.45) is 0. The van der Waals surface area contributed by atoms with Gasteiger partial charge in [0.15, 0.2) is 5.69 Å². The van der Waals surface area contributed by atoms with E-state index in [2.05, 4.69) is 22.3 Å². The third-order valence-corrected chi connectivity index (χ3v) is 2.65. The lowest BCUT2D eigenvalue weighted by Crippen LogP contribution is -2.13. The minimum atomic E-state index is -0.389. The highest BCUT2D eigenvalue weighted by atomic mass is 35.5. The Morgan fingerprint density at radius 2 is 2.30 bits per heavy atom. The molecule has 20 heavy (non-hydrogen) atoms. The van der Waals surface area contributed by atoms with Crippen LogP contribution < -0.4 is 11.1 Å². The van der Waals surface area contributed by atoms with Crippen molar-refractivity contribution in [2.24, 2.45) is 5.73 Å². The van der Waals surface area contributed by atoms with Crippen LogP contribution in [0.3, 0.4) is 0 Å². The fourth-order valence-electron chi connectivity index (χ4n) is 1.53. The number of nitrogens with zero attached hydrogens (tertiary/aromatic N) is 1. The molecule has 0 aliphatic rings. The predicted octanol–water partition coefficient (Wildman–Crippen LogP) is 2.20. The van der Waals surface area contributed by atoms with Crippen LogP contribution in [-0.2, 0) is 0 Å². The van der Waals surface area contributed by atoms with Gasteiger partial charge in [0.25, 0.3) is 5.91 Å². The molecule has 0 saturated carbocycles. The van der Waals surface area contributed by atoms with Crippen molar-refractivity contribution in [2.75, 3.05) is 11.9 Å². The molecule has 2 aromatic rings. The van der Waals surface area contributed by atoms with E-state index in [1.165, 1.54) is 0 Å². The zero-order valence-electron chi connectivity index (χ0n) is 10.7. The summed E-state index contributed by atoms with van der Waals surface area (Å²) in [5.41, 5.74) is 6.67. The molecule has 0 bridgehead atoms. The standard InChI is InChI=1S/C14H12ClN3O2/c1-9-7-13(18-20-9)14(19)17-12-8-11(15)5-4-10(12)3-2-6-16/h4-5,7-8H,6,16H2,1H3,(H,17,19). The molecule has 2 rings (SSSR count). The molecule has 1 aromatic carbocycles. The van der Waals surface area contributed by atoms with Crippen molar-refractivity contribution in [3.8, 4) is 11.8 Å². The van der Waals surface area contributed by atoms with Gasteiger partial charge < -0.3 is 15.6 Å². The lowest BCUT2D eigenvalue weighted by Gasteiger charge is -2.06. The molecule has 1 aromatic heterocycles. The molecule has 0 aliphatic heterocycles. The highest BCUT2D eigenvalue weighted by Crippen LogP contribution is 2.21. The average Bonchev–Trinajstić information content (AvgIpc) is 2.85. The highest BCUT2D eigenvalue weighted by molar-refractivity contribution is 6.31. The highest BCUT2D eigenvalue weighted by Gasteiger charge is 2.13. The van der Waals surface area contributed by atoms with E-state index in [1.54, 1.807) is 31.2 Å². The van der Waals surface area contributed by atoms with Crippen LogP contribution in [0, 0.1) is 18.8 Å². The number of aryl methyl sites for hydroxylation is 1. The zero-order valence-corrected chi connectivity index (χ0v) is 11.5. The topological polar surface area (TPSA) is 81.2 Å². The van der Waals surface area contributed by atoms with Crippen molar-refractivity contribution in [1.29, 1.82) is 0 Å². The van der Waals surface area contributed by atoms with Crippen LogP contribution in [-0.4, -0.2) is 17.6 Å². The van der Waals surface area contributed by atoms with Gasteiger partial charge in [0.05, 0.1) is 12.2 Å². The molecule has 0 spiro atoms. The summed E-state index contributed by atoms with van der Waals surface area (Å²) in [6, 6.07) is 6.57. The van der Waals surface area contributed by atoms with Crippen molar-refractivity contribution in [2.45, 2.75) is 6.92 Å². The second-order valence-electron chi connectivity index (χ2n) is 3.97. The van der Waals surface area contributed by atoms with E-state index in [1.807, 2.05) is 0 Å². The van der Waals surface area contributed by atoms with Crippen molar-refractivity contribution < 1.29 is 9.32 Å². The number of amides is 1. The molecule has 0 fully saturated rings. The molecule has 0 atom stereocenters. The molecule has 1 heterocycles. The summed E-state index contributed by atoms with van der Waals surface area (Å²) >= 11 is 5.93. The number of nitrogens with two attached hydrogens (primary N) is 1. The van der Waals surface area contributed by atoms with Gasteiger partial charge >= 0.3 is 0 Å². The van der Waals surface area contributed by atoms with E-state index in [4.69, 9.17) is 21.9 Å². The maximum Gasteiger partial charge on any atom is 0.277 e. The second-order valence-corrected chi connectivity index (χ2v) is 4.41. The summed E-state index contributed by atoms with van der Waals surface area (Å²) in [5, 5.41) is 6.85. The summed E-state index contributed by atoms with van der Waals surface area (Å²) in [4.78, 5) is 12.0. The smallest absolute Gasteiger partial charge is 0.277 e. The first-order valence-corrected chi connectivity index (χ1v) is 6.21. The van der Waals surface area contributed by atoms with Crippen molar-refractivity contribution in [1.82, 2.24) is 5.16 Å². The first kappa shape index (κ1) is 14.1. The molecular weight excluding hydrogens is 278 g/mol. The normalized spacial score (nSPS) is 9.75. The number of aromatic nitrogens is 1. The van der Waals surface area contributed by atoms with Gasteiger partial charge in [0.2, 0.25) is 0 Å². The summed E-state index contributed by atoms with van der Waals surface area (Å²) < 4.78 is 4.86. The number of hydrogen-bond acceptors (Lipinski definition) is 4. The van der Waals surface area contributed by atoms with E-state index < -0.39 is 0 Å². The maximum atomic E-state index is 12.0. The van der Waals surface area contributed by atoms with Gasteiger partial charge in [0.1, 0.15) is 5.76 Å². The molecule has 102 valence electrons. The Kier molecular flexibility index (Phi) is 4.41. The van der Waals surface area contributed by atoms with Crippen LogP contribution in [0.4, 0.5) is 5.69 Å². The number of carbonyl (C=O) groups is 1. The molecule has 1 amide bonds. The van der Waals surface area contributed by atoms with E-state index in [0.717, 1.165) is 0 Å². The Morgan fingerprint density at radius 1 is 1.50 bits per heavy atom. The molecule has 0 radical (unpaired) electrons. The first-order valence-electron chi connectivity index (χ1n) is 5.83. The third-order valence-electron chi connectivity index (χ3n) is 2.42. The SMILES string of the molecule is Cc1cc(C(=O)Nc2cc(Cl)ccc2C#CCN)no1. The van der Waals surface area contributed by atoms with E-state index in [-0.39, 0.29) is 18.1 Å². The molecule has 0 aliphatic carbocycles. The summed E-state index contributed by atoms with van der Waals surface area (Å²) in [6.45, 7) is 1.94. The quantitative estimate of drug-likeness (QED) is 0.831. The third kappa shape index (κ3) is 3.38. The Balaban J connectivity index is 2.28. The lowest BCUT2D eigenvalue weighted by molar-refractivity contribution is 0.101. The minimum Gasteiger partial charge on any atom is -0.361 e. The van der Waals surface area contributed by atoms with E-state index >= 15 is 0 Å². The van der Waals surface area contributed by atoms with Crippen LogP contribution in [0.1, 0.15) is 21.8 Å². The average molecular weight is 290 g/mol. The molecular formula is C14H12ClN3O2. The number of halogens is 1. The van der Waals surface area contributed by atoms with Gasteiger partial charge in [-0.2, -0.15) is 0 Å². The van der Waals surface area contributed by atoms with Gasteiger partial charge in [-0.15, -0.1) is 0 Å². The Bertz CT molecular complexity index is 698. The summed E-state index contributed by atoms with van der Waals surface area (Å²) in [7, 11) is 0. The van der Waals surface area contributed by atoms with Crippen molar-refractivity contribution in [3.05, 3.63) is 46.3 Å².